The average Bonchev–Trinajstić information content (AvgIpc) is 2.49. The number of carbonyl (C=O) groups excluding carboxylic acids is 2. The van der Waals surface area contributed by atoms with E-state index in [-0.39, 0.29) is 12.1 Å². The van der Waals surface area contributed by atoms with Crippen LogP contribution in [0.15, 0.2) is 24.3 Å². The van der Waals surface area contributed by atoms with E-state index in [1.165, 1.54) is 17.0 Å². The maximum atomic E-state index is 12.2. The van der Waals surface area contributed by atoms with Crippen molar-refractivity contribution in [2.75, 3.05) is 18.4 Å². The van der Waals surface area contributed by atoms with Gasteiger partial charge in [-0.2, -0.15) is 0 Å². The van der Waals surface area contributed by atoms with Crippen molar-refractivity contribution < 1.29 is 24.2 Å². The number of ether oxygens (including phenoxy) is 1. The van der Waals surface area contributed by atoms with E-state index in [0.717, 1.165) is 12.8 Å². The average molecular weight is 350 g/mol. The maximum Gasteiger partial charge on any atom is 0.410 e. The van der Waals surface area contributed by atoms with Gasteiger partial charge in [-0.05, 0) is 45.4 Å². The van der Waals surface area contributed by atoms with Gasteiger partial charge in [-0.3, -0.25) is 9.69 Å². The second-order valence-corrected chi connectivity index (χ2v) is 6.69. The van der Waals surface area contributed by atoms with Crippen LogP contribution in [0.4, 0.5) is 10.5 Å². The molecule has 0 aliphatic rings. The van der Waals surface area contributed by atoms with Crippen molar-refractivity contribution in [3.8, 4) is 0 Å². The Balaban J connectivity index is 2.75. The Bertz CT molecular complexity index is 622. The van der Waals surface area contributed by atoms with E-state index in [1.54, 1.807) is 32.9 Å². The third-order valence-electron chi connectivity index (χ3n) is 3.16. The summed E-state index contributed by atoms with van der Waals surface area (Å²) in [6.45, 7) is 7.53. The van der Waals surface area contributed by atoms with Crippen LogP contribution >= 0.6 is 0 Å². The van der Waals surface area contributed by atoms with E-state index in [2.05, 4.69) is 5.32 Å². The Morgan fingerprint density at radius 1 is 1.24 bits per heavy atom. The Morgan fingerprint density at radius 2 is 1.92 bits per heavy atom. The molecule has 1 aromatic rings. The van der Waals surface area contributed by atoms with Gasteiger partial charge in [0.25, 0.3) is 0 Å². The number of anilines is 1. The molecule has 7 nitrogen and oxygen atoms in total. The molecular formula is C18H26N2O5. The lowest BCUT2D eigenvalue weighted by Gasteiger charge is -2.27. The summed E-state index contributed by atoms with van der Waals surface area (Å²) in [5, 5.41) is 11.6. The topological polar surface area (TPSA) is 95.9 Å². The van der Waals surface area contributed by atoms with Crippen molar-refractivity contribution in [3.63, 3.8) is 0 Å². The first-order valence-electron chi connectivity index (χ1n) is 8.23. The summed E-state index contributed by atoms with van der Waals surface area (Å²) in [7, 11) is 0. The van der Waals surface area contributed by atoms with Crippen LogP contribution in [0, 0.1) is 0 Å². The molecule has 0 radical (unpaired) electrons. The summed E-state index contributed by atoms with van der Waals surface area (Å²) in [5.41, 5.74) is -0.203. The molecule has 0 aliphatic heterocycles. The number of carbonyl (C=O) groups is 3. The first kappa shape index (κ1) is 20.5. The van der Waals surface area contributed by atoms with Crippen LogP contribution < -0.4 is 5.32 Å². The third-order valence-corrected chi connectivity index (χ3v) is 3.16. The first-order valence-corrected chi connectivity index (χ1v) is 8.23. The van der Waals surface area contributed by atoms with Gasteiger partial charge in [-0.15, -0.1) is 0 Å². The Kier molecular flexibility index (Phi) is 7.42. The smallest absolute Gasteiger partial charge is 0.410 e. The van der Waals surface area contributed by atoms with Gasteiger partial charge in [0, 0.05) is 12.2 Å². The summed E-state index contributed by atoms with van der Waals surface area (Å²) >= 11 is 0. The molecule has 0 heterocycles. The lowest BCUT2D eigenvalue weighted by molar-refractivity contribution is -0.117. The highest BCUT2D eigenvalue weighted by Gasteiger charge is 2.23. The molecule has 0 saturated heterocycles. The van der Waals surface area contributed by atoms with Gasteiger partial charge in [0.05, 0.1) is 5.56 Å². The SMILES string of the molecule is CCCCN(CC(=O)Nc1cccc(C(=O)O)c1)C(=O)OC(C)(C)C. The molecule has 0 bridgehead atoms. The number of carboxylic acid groups (broad SMARTS) is 1. The van der Waals surface area contributed by atoms with Gasteiger partial charge in [-0.25, -0.2) is 9.59 Å². The molecule has 1 rings (SSSR count). The zero-order valence-corrected chi connectivity index (χ0v) is 15.2. The normalized spacial score (nSPS) is 10.9. The zero-order chi connectivity index (χ0) is 19.0. The number of nitrogens with zero attached hydrogens (tertiary/aromatic N) is 1. The Hall–Kier alpha value is -2.57. The molecule has 0 spiro atoms. The van der Waals surface area contributed by atoms with Crippen LogP contribution in [-0.4, -0.2) is 46.7 Å². The number of carboxylic acids is 1. The Labute approximate surface area is 148 Å². The number of aromatic carboxylic acids is 1. The van der Waals surface area contributed by atoms with Gasteiger partial charge in [0.15, 0.2) is 0 Å². The molecule has 0 unspecified atom stereocenters. The van der Waals surface area contributed by atoms with Crippen molar-refractivity contribution >= 4 is 23.7 Å². The van der Waals surface area contributed by atoms with E-state index >= 15 is 0 Å². The highest BCUT2D eigenvalue weighted by molar-refractivity contribution is 5.95. The van der Waals surface area contributed by atoms with Crippen LogP contribution in [0.1, 0.15) is 50.9 Å². The fourth-order valence-electron chi connectivity index (χ4n) is 2.01. The lowest BCUT2D eigenvalue weighted by atomic mass is 10.2. The molecule has 138 valence electrons. The largest absolute Gasteiger partial charge is 0.478 e. The highest BCUT2D eigenvalue weighted by Crippen LogP contribution is 2.13. The van der Waals surface area contributed by atoms with E-state index in [1.807, 2.05) is 6.92 Å². The Morgan fingerprint density at radius 3 is 2.48 bits per heavy atom. The van der Waals surface area contributed by atoms with Gasteiger partial charge in [0.1, 0.15) is 12.1 Å². The van der Waals surface area contributed by atoms with E-state index in [0.29, 0.717) is 12.2 Å². The molecule has 0 atom stereocenters. The number of unbranched alkanes of at least 4 members (excludes halogenated alkanes) is 1. The van der Waals surface area contributed by atoms with Gasteiger partial charge < -0.3 is 15.2 Å². The third kappa shape index (κ3) is 7.69. The van der Waals surface area contributed by atoms with Gasteiger partial charge in [-0.1, -0.05) is 19.4 Å². The van der Waals surface area contributed by atoms with Crippen molar-refractivity contribution in [1.29, 1.82) is 0 Å². The minimum Gasteiger partial charge on any atom is -0.478 e. The minimum atomic E-state index is -1.07. The van der Waals surface area contributed by atoms with Crippen molar-refractivity contribution in [1.82, 2.24) is 4.90 Å². The second-order valence-electron chi connectivity index (χ2n) is 6.69. The van der Waals surface area contributed by atoms with Crippen LogP contribution in [0.25, 0.3) is 0 Å². The molecule has 7 heteroatoms. The van der Waals surface area contributed by atoms with Crippen molar-refractivity contribution in [2.45, 2.75) is 46.1 Å². The molecule has 1 aromatic carbocycles. The zero-order valence-electron chi connectivity index (χ0n) is 15.2. The predicted molar refractivity (Wildman–Crippen MR) is 94.7 cm³/mol. The van der Waals surface area contributed by atoms with Crippen molar-refractivity contribution in [3.05, 3.63) is 29.8 Å². The number of hydrogen-bond acceptors (Lipinski definition) is 4. The quantitative estimate of drug-likeness (QED) is 0.786. The van der Waals surface area contributed by atoms with Crippen LogP contribution in [0.3, 0.4) is 0 Å². The summed E-state index contributed by atoms with van der Waals surface area (Å²) in [6.07, 6.45) is 1.08. The van der Waals surface area contributed by atoms with E-state index in [4.69, 9.17) is 9.84 Å². The number of nitrogens with one attached hydrogen (secondary N) is 1. The number of rotatable bonds is 7. The minimum absolute atomic E-state index is 0.0766. The summed E-state index contributed by atoms with van der Waals surface area (Å²) < 4.78 is 5.33. The number of benzene rings is 1. The number of amides is 2. The predicted octanol–water partition coefficient (Wildman–Crippen LogP) is 3.36. The van der Waals surface area contributed by atoms with E-state index in [9.17, 15) is 14.4 Å². The van der Waals surface area contributed by atoms with E-state index < -0.39 is 23.6 Å². The second kappa shape index (κ2) is 9.05. The molecule has 0 aliphatic carbocycles. The van der Waals surface area contributed by atoms with Gasteiger partial charge >= 0.3 is 12.1 Å². The fraction of sp³-hybridized carbons (Fsp3) is 0.500. The lowest BCUT2D eigenvalue weighted by Crippen LogP contribution is -2.41. The standard InChI is InChI=1S/C18H26N2O5/c1-5-6-10-20(17(24)25-18(2,3)4)12-15(21)19-14-9-7-8-13(11-14)16(22)23/h7-9,11H,5-6,10,12H2,1-4H3,(H,19,21)(H,22,23). The summed E-state index contributed by atoms with van der Waals surface area (Å²) in [4.78, 5) is 36.8. The van der Waals surface area contributed by atoms with Crippen LogP contribution in [0.2, 0.25) is 0 Å². The molecule has 0 aromatic heterocycles. The molecular weight excluding hydrogens is 324 g/mol. The summed E-state index contributed by atoms with van der Waals surface area (Å²) in [5.74, 6) is -1.49. The fourth-order valence-corrected chi connectivity index (χ4v) is 2.01. The monoisotopic (exact) mass is 350 g/mol. The number of hydrogen-bond donors (Lipinski definition) is 2. The molecule has 2 amide bonds. The summed E-state index contributed by atoms with van der Waals surface area (Å²) in [6, 6.07) is 5.94. The molecule has 2 N–H and O–H groups in total. The van der Waals surface area contributed by atoms with Gasteiger partial charge in [0.2, 0.25) is 5.91 Å². The van der Waals surface area contributed by atoms with Crippen LogP contribution in [-0.2, 0) is 9.53 Å². The molecule has 0 fully saturated rings. The molecule has 0 saturated carbocycles. The maximum absolute atomic E-state index is 12.2. The highest BCUT2D eigenvalue weighted by atomic mass is 16.6. The molecule has 25 heavy (non-hydrogen) atoms. The van der Waals surface area contributed by atoms with Crippen LogP contribution in [0.5, 0.6) is 0 Å². The van der Waals surface area contributed by atoms with Crippen molar-refractivity contribution in [2.24, 2.45) is 0 Å². The first-order chi connectivity index (χ1) is 11.6.